The summed E-state index contributed by atoms with van der Waals surface area (Å²) in [7, 11) is 1.82. The smallest absolute Gasteiger partial charge is 0.194 e. The summed E-state index contributed by atoms with van der Waals surface area (Å²) < 4.78 is 11.7. The zero-order valence-corrected chi connectivity index (χ0v) is 14.0. The maximum Gasteiger partial charge on any atom is 0.194 e. The van der Waals surface area contributed by atoms with E-state index in [1.165, 1.54) is 5.56 Å². The number of morpholine rings is 1. The van der Waals surface area contributed by atoms with Crippen LogP contribution in [0.1, 0.15) is 24.1 Å². The van der Waals surface area contributed by atoms with Crippen LogP contribution in [0.25, 0.3) is 0 Å². The minimum atomic E-state index is 0.140. The van der Waals surface area contributed by atoms with Gasteiger partial charge in [-0.1, -0.05) is 6.07 Å². The number of aromatic nitrogens is 1. The van der Waals surface area contributed by atoms with Crippen molar-refractivity contribution in [3.8, 4) is 0 Å². The van der Waals surface area contributed by atoms with E-state index in [2.05, 4.69) is 33.2 Å². The Kier molecular flexibility index (Phi) is 5.46. The summed E-state index contributed by atoms with van der Waals surface area (Å²) in [4.78, 5) is 11.1. The number of rotatable bonds is 3. The third-order valence-electron chi connectivity index (χ3n) is 4.52. The molecule has 1 aromatic rings. The van der Waals surface area contributed by atoms with Crippen LogP contribution in [0.3, 0.4) is 0 Å². The van der Waals surface area contributed by atoms with Gasteiger partial charge in [0.1, 0.15) is 6.10 Å². The van der Waals surface area contributed by atoms with E-state index in [9.17, 15) is 0 Å². The molecule has 6 heteroatoms. The largest absolute Gasteiger partial charge is 0.375 e. The van der Waals surface area contributed by atoms with Crippen LogP contribution in [0.5, 0.6) is 0 Å². The summed E-state index contributed by atoms with van der Waals surface area (Å²) in [6.45, 7) is 6.01. The second kappa shape index (κ2) is 7.75. The number of guanidine groups is 1. The van der Waals surface area contributed by atoms with Gasteiger partial charge in [0.05, 0.1) is 24.9 Å². The standard InChI is InChI=1S/C17H26N4O2/c1-13-5-3-7-19-14(13)11-20-17(18-2)21-8-10-23-16(12-21)15-6-4-9-22-15/h3,5,7,15-16H,4,6,8-12H2,1-2H3,(H,18,20). The van der Waals surface area contributed by atoms with Crippen molar-refractivity contribution in [2.24, 2.45) is 4.99 Å². The summed E-state index contributed by atoms with van der Waals surface area (Å²) in [5.41, 5.74) is 2.24. The Morgan fingerprint density at radius 3 is 3.00 bits per heavy atom. The van der Waals surface area contributed by atoms with Crippen molar-refractivity contribution >= 4 is 5.96 Å². The van der Waals surface area contributed by atoms with Gasteiger partial charge >= 0.3 is 0 Å². The first kappa shape index (κ1) is 16.2. The highest BCUT2D eigenvalue weighted by Crippen LogP contribution is 2.21. The van der Waals surface area contributed by atoms with Gasteiger partial charge in [-0.05, 0) is 31.4 Å². The van der Waals surface area contributed by atoms with E-state index >= 15 is 0 Å². The molecule has 2 aliphatic rings. The van der Waals surface area contributed by atoms with E-state index < -0.39 is 0 Å². The Balaban J connectivity index is 1.58. The van der Waals surface area contributed by atoms with Gasteiger partial charge in [-0.25, -0.2) is 0 Å². The van der Waals surface area contributed by atoms with Gasteiger partial charge in [0.2, 0.25) is 0 Å². The van der Waals surface area contributed by atoms with Crippen LogP contribution in [-0.4, -0.2) is 61.4 Å². The second-order valence-corrected chi connectivity index (χ2v) is 6.07. The van der Waals surface area contributed by atoms with E-state index in [0.29, 0.717) is 13.2 Å². The van der Waals surface area contributed by atoms with Crippen molar-refractivity contribution in [2.45, 2.75) is 38.5 Å². The molecule has 2 unspecified atom stereocenters. The summed E-state index contributed by atoms with van der Waals surface area (Å²) in [6.07, 6.45) is 4.43. The first-order valence-electron chi connectivity index (χ1n) is 8.37. The van der Waals surface area contributed by atoms with Gasteiger partial charge < -0.3 is 19.7 Å². The predicted molar refractivity (Wildman–Crippen MR) is 89.5 cm³/mol. The molecule has 3 rings (SSSR count). The van der Waals surface area contributed by atoms with E-state index in [1.54, 1.807) is 0 Å². The van der Waals surface area contributed by atoms with E-state index in [4.69, 9.17) is 9.47 Å². The summed E-state index contributed by atoms with van der Waals surface area (Å²) >= 11 is 0. The number of aliphatic imine (C=N–C) groups is 1. The first-order valence-corrected chi connectivity index (χ1v) is 8.37. The number of nitrogens with one attached hydrogen (secondary N) is 1. The molecule has 1 aromatic heterocycles. The van der Waals surface area contributed by atoms with E-state index in [1.807, 2.05) is 19.3 Å². The Morgan fingerprint density at radius 1 is 1.39 bits per heavy atom. The van der Waals surface area contributed by atoms with Gasteiger partial charge in [-0.3, -0.25) is 9.98 Å². The third-order valence-corrected chi connectivity index (χ3v) is 4.52. The summed E-state index contributed by atoms with van der Waals surface area (Å²) in [5, 5.41) is 3.42. The zero-order chi connectivity index (χ0) is 16.1. The van der Waals surface area contributed by atoms with Gasteiger partial charge in [-0.2, -0.15) is 0 Å². The fraction of sp³-hybridized carbons (Fsp3) is 0.647. The highest BCUT2D eigenvalue weighted by atomic mass is 16.5. The maximum atomic E-state index is 5.91. The van der Waals surface area contributed by atoms with Crippen LogP contribution in [0, 0.1) is 6.92 Å². The molecule has 0 saturated carbocycles. The molecule has 3 heterocycles. The average molecular weight is 318 g/mol. The number of ether oxygens (including phenoxy) is 2. The Bertz CT molecular complexity index is 543. The minimum Gasteiger partial charge on any atom is -0.375 e. The molecule has 2 fully saturated rings. The molecule has 0 bridgehead atoms. The quantitative estimate of drug-likeness (QED) is 0.673. The molecule has 0 spiro atoms. The van der Waals surface area contributed by atoms with Crippen molar-refractivity contribution in [2.75, 3.05) is 33.4 Å². The summed E-state index contributed by atoms with van der Waals surface area (Å²) in [6, 6.07) is 4.04. The second-order valence-electron chi connectivity index (χ2n) is 6.07. The molecule has 1 N–H and O–H groups in total. The molecule has 0 radical (unpaired) electrons. The number of nitrogens with zero attached hydrogens (tertiary/aromatic N) is 3. The van der Waals surface area contributed by atoms with Crippen LogP contribution < -0.4 is 5.32 Å². The highest BCUT2D eigenvalue weighted by Gasteiger charge is 2.32. The van der Waals surface area contributed by atoms with Crippen LogP contribution >= 0.6 is 0 Å². The fourth-order valence-corrected chi connectivity index (χ4v) is 3.19. The molecular weight excluding hydrogens is 292 g/mol. The lowest BCUT2D eigenvalue weighted by atomic mass is 10.1. The van der Waals surface area contributed by atoms with E-state index in [-0.39, 0.29) is 12.2 Å². The van der Waals surface area contributed by atoms with Crippen molar-refractivity contribution < 1.29 is 9.47 Å². The summed E-state index contributed by atoms with van der Waals surface area (Å²) in [5.74, 6) is 0.904. The van der Waals surface area contributed by atoms with Crippen molar-refractivity contribution in [3.63, 3.8) is 0 Å². The molecular formula is C17H26N4O2. The lowest BCUT2D eigenvalue weighted by Gasteiger charge is -2.37. The maximum absolute atomic E-state index is 5.91. The molecule has 2 atom stereocenters. The monoisotopic (exact) mass is 318 g/mol. The fourth-order valence-electron chi connectivity index (χ4n) is 3.19. The Hall–Kier alpha value is -1.66. The normalized spacial score (nSPS) is 25.7. The van der Waals surface area contributed by atoms with Gasteiger partial charge in [-0.15, -0.1) is 0 Å². The van der Waals surface area contributed by atoms with E-state index in [0.717, 1.165) is 44.2 Å². The molecule has 0 aromatic carbocycles. The number of pyridine rings is 1. The molecule has 0 aliphatic carbocycles. The molecule has 23 heavy (non-hydrogen) atoms. The molecule has 2 aliphatic heterocycles. The van der Waals surface area contributed by atoms with Gasteiger partial charge in [0, 0.05) is 32.9 Å². The minimum absolute atomic E-state index is 0.140. The van der Waals surface area contributed by atoms with Crippen LogP contribution in [0.2, 0.25) is 0 Å². The van der Waals surface area contributed by atoms with Crippen LogP contribution in [0.15, 0.2) is 23.3 Å². The Labute approximate surface area is 137 Å². The Morgan fingerprint density at radius 2 is 2.26 bits per heavy atom. The topological polar surface area (TPSA) is 59.0 Å². The SMILES string of the molecule is CN=C(NCc1ncccc1C)N1CCOC(C2CCCO2)C1. The molecule has 2 saturated heterocycles. The first-order chi connectivity index (χ1) is 11.3. The van der Waals surface area contributed by atoms with Gasteiger partial charge in [0.25, 0.3) is 0 Å². The van der Waals surface area contributed by atoms with Crippen molar-refractivity contribution in [3.05, 3.63) is 29.6 Å². The molecule has 126 valence electrons. The lowest BCUT2D eigenvalue weighted by molar-refractivity contribution is -0.0817. The number of hydrogen-bond acceptors (Lipinski definition) is 4. The van der Waals surface area contributed by atoms with Gasteiger partial charge in [0.15, 0.2) is 5.96 Å². The van der Waals surface area contributed by atoms with Crippen LogP contribution in [0.4, 0.5) is 0 Å². The number of aryl methyl sites for hydroxylation is 1. The average Bonchev–Trinajstić information content (AvgIpc) is 3.12. The highest BCUT2D eigenvalue weighted by molar-refractivity contribution is 5.80. The number of hydrogen-bond donors (Lipinski definition) is 1. The third kappa shape index (κ3) is 4.00. The predicted octanol–water partition coefficient (Wildman–Crippen LogP) is 1.35. The van der Waals surface area contributed by atoms with Crippen LogP contribution in [-0.2, 0) is 16.0 Å². The lowest BCUT2D eigenvalue weighted by Crippen LogP contribution is -2.53. The molecule has 0 amide bonds. The molecule has 6 nitrogen and oxygen atoms in total. The van der Waals surface area contributed by atoms with Crippen molar-refractivity contribution in [1.82, 2.24) is 15.2 Å². The van der Waals surface area contributed by atoms with Crippen molar-refractivity contribution in [1.29, 1.82) is 0 Å². The zero-order valence-electron chi connectivity index (χ0n) is 14.0.